The second kappa shape index (κ2) is 8.79. The van der Waals surface area contributed by atoms with Gasteiger partial charge < -0.3 is 15.4 Å². The number of thiophene rings is 1. The molecule has 1 amide bonds. The van der Waals surface area contributed by atoms with Gasteiger partial charge in [-0.1, -0.05) is 36.0 Å². The number of para-hydroxylation sites is 1. The predicted molar refractivity (Wildman–Crippen MR) is 124 cm³/mol. The summed E-state index contributed by atoms with van der Waals surface area (Å²) in [7, 11) is 0. The molecule has 1 fully saturated rings. The molecule has 0 spiro atoms. The van der Waals surface area contributed by atoms with E-state index in [1.54, 1.807) is 17.5 Å². The van der Waals surface area contributed by atoms with Crippen LogP contribution in [0.4, 0.5) is 0 Å². The first-order chi connectivity index (χ1) is 15.6. The van der Waals surface area contributed by atoms with Crippen LogP contribution in [0.5, 0.6) is 0 Å². The number of aliphatic carboxylic acids is 1. The minimum Gasteiger partial charge on any atom is -0.480 e. The van der Waals surface area contributed by atoms with Gasteiger partial charge in [0, 0.05) is 29.6 Å². The van der Waals surface area contributed by atoms with E-state index in [4.69, 9.17) is 0 Å². The maximum Gasteiger partial charge on any atom is 0.326 e. The first-order valence-electron chi connectivity index (χ1n) is 10.3. The lowest BCUT2D eigenvalue weighted by Gasteiger charge is -2.14. The van der Waals surface area contributed by atoms with Crippen molar-refractivity contribution in [2.45, 2.75) is 36.5 Å². The number of carboxylic acids is 1. The van der Waals surface area contributed by atoms with Crippen LogP contribution in [-0.4, -0.2) is 48.5 Å². The van der Waals surface area contributed by atoms with Crippen molar-refractivity contribution in [1.82, 2.24) is 25.1 Å². The number of carbonyl (C=O) groups is 2. The first kappa shape index (κ1) is 20.8. The van der Waals surface area contributed by atoms with Crippen LogP contribution in [0.25, 0.3) is 21.6 Å². The maximum atomic E-state index is 12.6. The number of carbonyl (C=O) groups excluding carboxylic acids is 1. The number of fused-ring (bicyclic) bond motifs is 1. The molecule has 8 nitrogen and oxygen atoms in total. The highest BCUT2D eigenvalue weighted by Gasteiger charge is 2.31. The fourth-order valence-corrected chi connectivity index (χ4v) is 5.22. The van der Waals surface area contributed by atoms with Crippen molar-refractivity contribution in [3.63, 3.8) is 0 Å². The number of H-pyrrole nitrogens is 1. The highest BCUT2D eigenvalue weighted by molar-refractivity contribution is 7.99. The molecule has 3 aromatic heterocycles. The summed E-state index contributed by atoms with van der Waals surface area (Å²) in [6, 6.07) is 11.0. The van der Waals surface area contributed by atoms with Crippen molar-refractivity contribution in [2.75, 3.05) is 5.75 Å². The number of hydrogen-bond donors (Lipinski definition) is 3. The van der Waals surface area contributed by atoms with Crippen LogP contribution in [0.2, 0.25) is 0 Å². The Balaban J connectivity index is 1.25. The molecule has 5 rings (SSSR count). The number of nitrogens with zero attached hydrogens (tertiary/aromatic N) is 3. The minimum absolute atomic E-state index is 0.0763. The van der Waals surface area contributed by atoms with Crippen LogP contribution < -0.4 is 5.32 Å². The Morgan fingerprint density at radius 3 is 2.84 bits per heavy atom. The monoisotopic (exact) mass is 467 g/mol. The summed E-state index contributed by atoms with van der Waals surface area (Å²) >= 11 is 2.90. The molecular formula is C22H21N5O3S2. The number of hydrogen-bond acceptors (Lipinski definition) is 6. The lowest BCUT2D eigenvalue weighted by atomic mass is 10.1. The van der Waals surface area contributed by atoms with E-state index in [1.807, 2.05) is 41.8 Å². The quantitative estimate of drug-likeness (QED) is 0.323. The van der Waals surface area contributed by atoms with E-state index in [1.165, 1.54) is 11.8 Å². The third-order valence-electron chi connectivity index (χ3n) is 5.38. The summed E-state index contributed by atoms with van der Waals surface area (Å²) in [5.74, 6) is -0.499. The molecule has 0 radical (unpaired) electrons. The van der Waals surface area contributed by atoms with Gasteiger partial charge in [-0.2, -0.15) is 0 Å². The van der Waals surface area contributed by atoms with Crippen molar-refractivity contribution in [1.29, 1.82) is 0 Å². The minimum atomic E-state index is -1.06. The van der Waals surface area contributed by atoms with Gasteiger partial charge in [-0.15, -0.1) is 21.5 Å². The Morgan fingerprint density at radius 2 is 2.09 bits per heavy atom. The number of thioether (sulfide) groups is 1. The van der Waals surface area contributed by atoms with E-state index in [9.17, 15) is 14.7 Å². The Kier molecular flexibility index (Phi) is 5.71. The maximum absolute atomic E-state index is 12.6. The van der Waals surface area contributed by atoms with Crippen LogP contribution in [0.15, 0.2) is 53.1 Å². The molecule has 1 aliphatic rings. The molecule has 4 aromatic rings. The molecule has 0 bridgehead atoms. The topological polar surface area (TPSA) is 113 Å². The molecule has 3 heterocycles. The van der Waals surface area contributed by atoms with Gasteiger partial charge in [0.25, 0.3) is 0 Å². The average molecular weight is 468 g/mol. The van der Waals surface area contributed by atoms with Gasteiger partial charge in [-0.25, -0.2) is 4.79 Å². The van der Waals surface area contributed by atoms with Crippen LogP contribution in [0.3, 0.4) is 0 Å². The summed E-state index contributed by atoms with van der Waals surface area (Å²) in [6.07, 6.45) is 4.14. The van der Waals surface area contributed by atoms with Gasteiger partial charge in [-0.3, -0.25) is 9.36 Å². The van der Waals surface area contributed by atoms with E-state index < -0.39 is 12.0 Å². The molecule has 32 heavy (non-hydrogen) atoms. The third kappa shape index (κ3) is 4.28. The highest BCUT2D eigenvalue weighted by Crippen LogP contribution is 2.41. The molecule has 10 heteroatoms. The summed E-state index contributed by atoms with van der Waals surface area (Å²) in [6.45, 7) is 0. The Bertz CT molecular complexity index is 1260. The number of aromatic nitrogens is 4. The molecular weight excluding hydrogens is 446 g/mol. The van der Waals surface area contributed by atoms with Crippen molar-refractivity contribution in [2.24, 2.45) is 0 Å². The van der Waals surface area contributed by atoms with Gasteiger partial charge in [-0.05, 0) is 35.9 Å². The zero-order valence-electron chi connectivity index (χ0n) is 17.0. The van der Waals surface area contributed by atoms with Crippen molar-refractivity contribution in [3.05, 3.63) is 53.5 Å². The summed E-state index contributed by atoms with van der Waals surface area (Å²) < 4.78 is 2.10. The fraction of sp³-hybridized carbons (Fsp3) is 0.273. The zero-order valence-corrected chi connectivity index (χ0v) is 18.7. The standard InChI is InChI=1S/C22H21N5O3S2/c28-19(24-17(21(29)30)10-13-11-23-16-5-2-1-4-15(13)16)12-32-22-26-25-20(18-6-3-9-31-18)27(22)14-7-8-14/h1-6,9,11,14,17,23H,7-8,10,12H2,(H,24,28)(H,29,30)/t17-/m1/s1. The third-order valence-corrected chi connectivity index (χ3v) is 7.19. The lowest BCUT2D eigenvalue weighted by molar-refractivity contribution is -0.141. The normalized spacial score (nSPS) is 14.5. The Hall–Kier alpha value is -3.11. The van der Waals surface area contributed by atoms with Gasteiger partial charge in [0.05, 0.1) is 10.6 Å². The fourth-order valence-electron chi connectivity index (χ4n) is 3.70. The largest absolute Gasteiger partial charge is 0.480 e. The van der Waals surface area contributed by atoms with Crippen LogP contribution >= 0.6 is 23.1 Å². The Labute approximate surface area is 192 Å². The van der Waals surface area contributed by atoms with E-state index in [0.717, 1.165) is 40.0 Å². The molecule has 1 saturated carbocycles. The second-order valence-electron chi connectivity index (χ2n) is 7.70. The van der Waals surface area contributed by atoms with E-state index >= 15 is 0 Å². The number of benzene rings is 1. The number of nitrogens with one attached hydrogen (secondary N) is 2. The molecule has 1 aromatic carbocycles. The molecule has 0 saturated heterocycles. The molecule has 164 valence electrons. The van der Waals surface area contributed by atoms with Gasteiger partial charge in [0.2, 0.25) is 5.91 Å². The van der Waals surface area contributed by atoms with Crippen LogP contribution in [0, 0.1) is 0 Å². The van der Waals surface area contributed by atoms with Gasteiger partial charge in [0.1, 0.15) is 6.04 Å². The molecule has 0 aliphatic heterocycles. The molecule has 0 unspecified atom stereocenters. The van der Waals surface area contributed by atoms with Crippen molar-refractivity contribution >= 4 is 45.9 Å². The number of carboxylic acid groups (broad SMARTS) is 1. The molecule has 3 N–H and O–H groups in total. The number of aromatic amines is 1. The molecule has 1 atom stereocenters. The van der Waals surface area contributed by atoms with E-state index in [2.05, 4.69) is 25.1 Å². The van der Waals surface area contributed by atoms with Crippen LogP contribution in [-0.2, 0) is 16.0 Å². The SMILES string of the molecule is O=C(CSc1nnc(-c2cccs2)n1C1CC1)N[C@H](Cc1c[nH]c2ccccc12)C(=O)O. The summed E-state index contributed by atoms with van der Waals surface area (Å²) in [5, 5.41) is 24.6. The second-order valence-corrected chi connectivity index (χ2v) is 9.59. The summed E-state index contributed by atoms with van der Waals surface area (Å²) in [4.78, 5) is 28.6. The van der Waals surface area contributed by atoms with Crippen LogP contribution in [0.1, 0.15) is 24.4 Å². The average Bonchev–Trinajstić information content (AvgIpc) is 3.18. The van der Waals surface area contributed by atoms with Gasteiger partial charge >= 0.3 is 5.97 Å². The predicted octanol–water partition coefficient (Wildman–Crippen LogP) is 3.73. The number of rotatable bonds is 9. The zero-order chi connectivity index (χ0) is 22.1. The lowest BCUT2D eigenvalue weighted by Crippen LogP contribution is -2.43. The number of amides is 1. The smallest absolute Gasteiger partial charge is 0.326 e. The van der Waals surface area contributed by atoms with E-state index in [-0.39, 0.29) is 18.1 Å². The van der Waals surface area contributed by atoms with Crippen molar-refractivity contribution < 1.29 is 14.7 Å². The molecule has 1 aliphatic carbocycles. The Morgan fingerprint density at radius 1 is 1.25 bits per heavy atom. The van der Waals surface area contributed by atoms with Gasteiger partial charge in [0.15, 0.2) is 11.0 Å². The highest BCUT2D eigenvalue weighted by atomic mass is 32.2. The summed E-state index contributed by atoms with van der Waals surface area (Å²) in [5.41, 5.74) is 1.80. The van der Waals surface area contributed by atoms with Crippen molar-refractivity contribution in [3.8, 4) is 10.7 Å². The first-order valence-corrected chi connectivity index (χ1v) is 12.2. The van der Waals surface area contributed by atoms with E-state index in [0.29, 0.717) is 11.2 Å².